The maximum Gasteiger partial charge on any atom is -0.00436 e. The lowest BCUT2D eigenvalue weighted by molar-refractivity contribution is 0.869. The standard InChI is InChI=1S/C9H13Br.C2H6/c1-3-8-4-5-9(10)6-7(8)2;1-2/h6H,3-5H2,1-2H3;1-2H3. The topological polar surface area (TPSA) is 0 Å². The van der Waals surface area contributed by atoms with E-state index in [9.17, 15) is 0 Å². The molecule has 1 aliphatic carbocycles. The molecular formula is C11H19Br. The van der Waals surface area contributed by atoms with Gasteiger partial charge in [0.15, 0.2) is 0 Å². The molecular weight excluding hydrogens is 212 g/mol. The molecule has 0 unspecified atom stereocenters. The second kappa shape index (κ2) is 6.47. The largest absolute Gasteiger partial charge is 0.0683 e. The highest BCUT2D eigenvalue weighted by molar-refractivity contribution is 9.11. The van der Waals surface area contributed by atoms with E-state index in [4.69, 9.17) is 0 Å². The number of halogens is 1. The molecule has 0 aromatic heterocycles. The van der Waals surface area contributed by atoms with Crippen LogP contribution in [0.15, 0.2) is 21.7 Å². The average molecular weight is 231 g/mol. The number of hydrogen-bond donors (Lipinski definition) is 0. The van der Waals surface area contributed by atoms with Crippen molar-refractivity contribution in [3.8, 4) is 0 Å². The zero-order valence-corrected chi connectivity index (χ0v) is 10.2. The van der Waals surface area contributed by atoms with Crippen molar-refractivity contribution >= 4 is 15.9 Å². The van der Waals surface area contributed by atoms with Crippen molar-refractivity contribution in [2.24, 2.45) is 0 Å². The first-order valence-corrected chi connectivity index (χ1v) is 5.58. The van der Waals surface area contributed by atoms with Crippen molar-refractivity contribution in [1.82, 2.24) is 0 Å². The van der Waals surface area contributed by atoms with Crippen LogP contribution in [0, 0.1) is 0 Å². The molecule has 0 aromatic carbocycles. The molecule has 0 spiro atoms. The van der Waals surface area contributed by atoms with Crippen molar-refractivity contribution in [3.63, 3.8) is 0 Å². The minimum absolute atomic E-state index is 1.19. The minimum Gasteiger partial charge on any atom is -0.0683 e. The summed E-state index contributed by atoms with van der Waals surface area (Å²) in [5.74, 6) is 0. The van der Waals surface area contributed by atoms with Crippen LogP contribution >= 0.6 is 15.9 Å². The summed E-state index contributed by atoms with van der Waals surface area (Å²) in [7, 11) is 0. The first-order chi connectivity index (χ1) is 5.74. The first kappa shape index (κ1) is 12.0. The fourth-order valence-electron chi connectivity index (χ4n) is 1.33. The molecule has 0 aliphatic heterocycles. The van der Waals surface area contributed by atoms with Crippen LogP contribution in [0.4, 0.5) is 0 Å². The Morgan fingerprint density at radius 3 is 2.33 bits per heavy atom. The normalized spacial score (nSPS) is 16.6. The fraction of sp³-hybridized carbons (Fsp3) is 0.636. The molecule has 0 nitrogen and oxygen atoms in total. The van der Waals surface area contributed by atoms with Crippen LogP contribution in [-0.4, -0.2) is 0 Å². The Hall–Kier alpha value is -0.0400. The molecule has 1 rings (SSSR count). The van der Waals surface area contributed by atoms with Gasteiger partial charge in [-0.15, -0.1) is 0 Å². The SMILES string of the molecule is CC.CCC1=C(C)C=C(Br)CC1. The lowest BCUT2D eigenvalue weighted by Gasteiger charge is -2.13. The van der Waals surface area contributed by atoms with Gasteiger partial charge in [-0.1, -0.05) is 47.8 Å². The van der Waals surface area contributed by atoms with Crippen molar-refractivity contribution in [1.29, 1.82) is 0 Å². The average Bonchev–Trinajstić information content (AvgIpc) is 2.08. The summed E-state index contributed by atoms with van der Waals surface area (Å²) in [6.07, 6.45) is 5.89. The maximum absolute atomic E-state index is 3.51. The second-order valence-electron chi connectivity index (χ2n) is 2.73. The van der Waals surface area contributed by atoms with Crippen LogP contribution in [0.25, 0.3) is 0 Å². The first-order valence-electron chi connectivity index (χ1n) is 4.78. The Kier molecular flexibility index (Phi) is 6.45. The summed E-state index contributed by atoms with van der Waals surface area (Å²) >= 11 is 3.51. The van der Waals surface area contributed by atoms with E-state index >= 15 is 0 Å². The van der Waals surface area contributed by atoms with Crippen LogP contribution in [-0.2, 0) is 0 Å². The highest BCUT2D eigenvalue weighted by atomic mass is 79.9. The Labute approximate surface area is 84.9 Å². The highest BCUT2D eigenvalue weighted by Gasteiger charge is 2.05. The van der Waals surface area contributed by atoms with Gasteiger partial charge in [-0.25, -0.2) is 0 Å². The van der Waals surface area contributed by atoms with Crippen molar-refractivity contribution in [2.75, 3.05) is 0 Å². The second-order valence-corrected chi connectivity index (χ2v) is 3.75. The molecule has 0 N–H and O–H groups in total. The maximum atomic E-state index is 3.51. The predicted molar refractivity (Wildman–Crippen MR) is 60.6 cm³/mol. The number of allylic oxidation sites excluding steroid dienone is 4. The quantitative estimate of drug-likeness (QED) is 0.607. The van der Waals surface area contributed by atoms with E-state index in [1.54, 1.807) is 5.57 Å². The van der Waals surface area contributed by atoms with Crippen LogP contribution in [0.1, 0.15) is 47.0 Å². The summed E-state index contributed by atoms with van der Waals surface area (Å²) in [6, 6.07) is 0. The predicted octanol–water partition coefficient (Wildman–Crippen LogP) is 4.81. The molecule has 0 fully saturated rings. The van der Waals surface area contributed by atoms with Gasteiger partial charge in [0, 0.05) is 0 Å². The van der Waals surface area contributed by atoms with Gasteiger partial charge >= 0.3 is 0 Å². The molecule has 0 bridgehead atoms. The molecule has 1 heteroatoms. The fourth-order valence-corrected chi connectivity index (χ4v) is 1.87. The van der Waals surface area contributed by atoms with Crippen LogP contribution < -0.4 is 0 Å². The van der Waals surface area contributed by atoms with Gasteiger partial charge in [-0.2, -0.15) is 0 Å². The third-order valence-electron chi connectivity index (χ3n) is 2.02. The van der Waals surface area contributed by atoms with E-state index in [1.165, 1.54) is 29.3 Å². The van der Waals surface area contributed by atoms with Crippen molar-refractivity contribution < 1.29 is 0 Å². The zero-order chi connectivity index (χ0) is 9.56. The smallest absolute Gasteiger partial charge is 0.00436 e. The van der Waals surface area contributed by atoms with E-state index in [-0.39, 0.29) is 0 Å². The van der Waals surface area contributed by atoms with Crippen LogP contribution in [0.2, 0.25) is 0 Å². The monoisotopic (exact) mass is 230 g/mol. The Bertz CT molecular complexity index is 187. The van der Waals surface area contributed by atoms with Crippen LogP contribution in [0.3, 0.4) is 0 Å². The van der Waals surface area contributed by atoms with Gasteiger partial charge < -0.3 is 0 Å². The van der Waals surface area contributed by atoms with Gasteiger partial charge in [0.05, 0.1) is 0 Å². The Morgan fingerprint density at radius 1 is 1.33 bits per heavy atom. The van der Waals surface area contributed by atoms with E-state index in [1.807, 2.05) is 13.8 Å². The van der Waals surface area contributed by atoms with E-state index < -0.39 is 0 Å². The summed E-state index contributed by atoms with van der Waals surface area (Å²) < 4.78 is 1.35. The summed E-state index contributed by atoms with van der Waals surface area (Å²) in [5, 5.41) is 0. The summed E-state index contributed by atoms with van der Waals surface area (Å²) in [5.41, 5.74) is 3.07. The molecule has 0 heterocycles. The number of hydrogen-bond acceptors (Lipinski definition) is 0. The summed E-state index contributed by atoms with van der Waals surface area (Å²) in [4.78, 5) is 0. The molecule has 0 aromatic rings. The molecule has 0 atom stereocenters. The molecule has 0 radical (unpaired) electrons. The van der Waals surface area contributed by atoms with E-state index in [0.717, 1.165) is 0 Å². The molecule has 0 saturated heterocycles. The van der Waals surface area contributed by atoms with Crippen LogP contribution in [0.5, 0.6) is 0 Å². The van der Waals surface area contributed by atoms with Gasteiger partial charge in [0.2, 0.25) is 0 Å². The van der Waals surface area contributed by atoms with E-state index in [0.29, 0.717) is 0 Å². The van der Waals surface area contributed by atoms with Gasteiger partial charge in [0.1, 0.15) is 0 Å². The molecule has 12 heavy (non-hydrogen) atoms. The van der Waals surface area contributed by atoms with Gasteiger partial charge in [-0.3, -0.25) is 0 Å². The van der Waals surface area contributed by atoms with Crippen molar-refractivity contribution in [3.05, 3.63) is 21.7 Å². The van der Waals surface area contributed by atoms with E-state index in [2.05, 4.69) is 35.9 Å². The zero-order valence-electron chi connectivity index (χ0n) is 8.58. The number of rotatable bonds is 1. The van der Waals surface area contributed by atoms with Crippen molar-refractivity contribution in [2.45, 2.75) is 47.0 Å². The molecule has 70 valence electrons. The lowest BCUT2D eigenvalue weighted by atomic mass is 9.97. The molecule has 1 aliphatic rings. The lowest BCUT2D eigenvalue weighted by Crippen LogP contribution is -1.92. The third kappa shape index (κ3) is 3.57. The van der Waals surface area contributed by atoms with Gasteiger partial charge in [0.25, 0.3) is 0 Å². The highest BCUT2D eigenvalue weighted by Crippen LogP contribution is 2.28. The third-order valence-corrected chi connectivity index (χ3v) is 2.65. The summed E-state index contributed by atoms with van der Waals surface area (Å²) in [6.45, 7) is 8.42. The Morgan fingerprint density at radius 2 is 1.92 bits per heavy atom. The molecule has 0 amide bonds. The molecule has 0 saturated carbocycles. The van der Waals surface area contributed by atoms with Gasteiger partial charge in [-0.05, 0) is 36.7 Å². The minimum atomic E-state index is 1.19. The Balaban J connectivity index is 0.000000561.